The predicted molar refractivity (Wildman–Crippen MR) is 131 cm³/mol. The number of hydrogen-bond donors (Lipinski definition) is 0. The van der Waals surface area contributed by atoms with Crippen LogP contribution in [-0.4, -0.2) is 45.6 Å². The second-order valence-corrected chi connectivity index (χ2v) is 8.93. The van der Waals surface area contributed by atoms with E-state index in [1.807, 2.05) is 23.7 Å². The maximum Gasteiger partial charge on any atom is 0.330 e. The van der Waals surface area contributed by atoms with Gasteiger partial charge in [-0.2, -0.15) is 0 Å². The summed E-state index contributed by atoms with van der Waals surface area (Å²) in [7, 11) is 3.30. The first-order valence-corrected chi connectivity index (χ1v) is 11.8. The Morgan fingerprint density at radius 1 is 1.26 bits per heavy atom. The molecule has 1 aliphatic heterocycles. The van der Waals surface area contributed by atoms with Crippen LogP contribution in [0.3, 0.4) is 0 Å². The van der Waals surface area contributed by atoms with Gasteiger partial charge in [0.25, 0.3) is 0 Å². The lowest BCUT2D eigenvalue weighted by molar-refractivity contribution is -0.134. The molecule has 0 spiro atoms. The Labute approximate surface area is 209 Å². The zero-order valence-electron chi connectivity index (χ0n) is 19.8. The Morgan fingerprint density at radius 3 is 2.80 bits per heavy atom. The molecule has 0 N–H and O–H groups in total. The summed E-state index contributed by atoms with van der Waals surface area (Å²) in [5, 5.41) is 0.358. The van der Waals surface area contributed by atoms with Crippen LogP contribution >= 0.6 is 11.6 Å². The predicted octanol–water partition coefficient (Wildman–Crippen LogP) is 4.75. The van der Waals surface area contributed by atoms with Crippen LogP contribution in [0.15, 0.2) is 48.7 Å². The Balaban J connectivity index is 1.31. The first kappa shape index (κ1) is 24.9. The van der Waals surface area contributed by atoms with Crippen molar-refractivity contribution in [2.24, 2.45) is 7.05 Å². The number of methoxy groups -OCH3 is 1. The molecule has 35 heavy (non-hydrogen) atoms. The van der Waals surface area contributed by atoms with Gasteiger partial charge in [0, 0.05) is 41.4 Å². The van der Waals surface area contributed by atoms with Gasteiger partial charge >= 0.3 is 5.97 Å². The van der Waals surface area contributed by atoms with Gasteiger partial charge in [-0.25, -0.2) is 19.2 Å². The average molecular weight is 499 g/mol. The van der Waals surface area contributed by atoms with Gasteiger partial charge in [0.1, 0.15) is 18.2 Å². The maximum atomic E-state index is 14.0. The lowest BCUT2D eigenvalue weighted by atomic mass is 9.93. The Morgan fingerprint density at radius 2 is 2.06 bits per heavy atom. The number of benzene rings is 1. The summed E-state index contributed by atoms with van der Waals surface area (Å²) in [4.78, 5) is 22.9. The number of pyridine rings is 1. The quantitative estimate of drug-likeness (QED) is 0.330. The summed E-state index contributed by atoms with van der Waals surface area (Å²) >= 11 is 5.81. The normalized spacial score (nSPS) is 15.0. The van der Waals surface area contributed by atoms with Crippen molar-refractivity contribution in [3.63, 3.8) is 0 Å². The molecule has 0 aliphatic carbocycles. The number of aromatic nitrogens is 3. The average Bonchev–Trinajstić information content (AvgIpc) is 3.21. The standard InChI is InChI=1S/C26H28ClFN4O3/c1-31-21(8-9-26(33)34-2)15-29-24(31)16-32-12-10-18(11-13-32)23-4-3-5-25(30-23)35-17-19-6-7-20(27)14-22(19)28/h3-9,14-15,18H,10-13,16-17H2,1-2H3/b9-8-. The molecule has 3 aromatic rings. The molecule has 0 unspecified atom stereocenters. The largest absolute Gasteiger partial charge is 0.473 e. The van der Waals surface area contributed by atoms with Crippen LogP contribution in [0.25, 0.3) is 6.08 Å². The lowest BCUT2D eigenvalue weighted by Crippen LogP contribution is -2.33. The maximum absolute atomic E-state index is 14.0. The second-order valence-electron chi connectivity index (χ2n) is 8.49. The first-order chi connectivity index (χ1) is 16.9. The van der Waals surface area contributed by atoms with Crippen molar-refractivity contribution in [2.75, 3.05) is 20.2 Å². The fourth-order valence-corrected chi connectivity index (χ4v) is 4.26. The molecule has 0 bridgehead atoms. The van der Waals surface area contributed by atoms with E-state index in [4.69, 9.17) is 16.3 Å². The highest BCUT2D eigenvalue weighted by Crippen LogP contribution is 2.29. The van der Waals surface area contributed by atoms with Crippen molar-refractivity contribution >= 4 is 23.6 Å². The van der Waals surface area contributed by atoms with E-state index in [2.05, 4.69) is 19.6 Å². The molecule has 0 atom stereocenters. The Hall–Kier alpha value is -3.23. The molecule has 0 saturated carbocycles. The van der Waals surface area contributed by atoms with Gasteiger partial charge in [-0.15, -0.1) is 0 Å². The summed E-state index contributed by atoms with van der Waals surface area (Å²) in [6, 6.07) is 10.3. The van der Waals surface area contributed by atoms with Crippen molar-refractivity contribution < 1.29 is 18.7 Å². The number of ether oxygens (including phenoxy) is 2. The van der Waals surface area contributed by atoms with E-state index in [1.165, 1.54) is 19.3 Å². The van der Waals surface area contributed by atoms with Gasteiger partial charge in [-0.1, -0.05) is 23.7 Å². The first-order valence-electron chi connectivity index (χ1n) is 11.5. The van der Waals surface area contributed by atoms with Crippen molar-refractivity contribution in [1.82, 2.24) is 19.4 Å². The number of halogens is 2. The van der Waals surface area contributed by atoms with Crippen LogP contribution in [0.5, 0.6) is 5.88 Å². The van der Waals surface area contributed by atoms with Crippen LogP contribution in [0, 0.1) is 5.82 Å². The minimum Gasteiger partial charge on any atom is -0.473 e. The summed E-state index contributed by atoms with van der Waals surface area (Å²) in [6.45, 7) is 2.68. The van der Waals surface area contributed by atoms with E-state index in [0.717, 1.165) is 49.7 Å². The molecule has 3 heterocycles. The van der Waals surface area contributed by atoms with Crippen molar-refractivity contribution in [3.05, 3.63) is 82.3 Å². The molecule has 1 fully saturated rings. The van der Waals surface area contributed by atoms with Gasteiger partial charge in [0.2, 0.25) is 5.88 Å². The Kier molecular flexibility index (Phi) is 8.15. The van der Waals surface area contributed by atoms with E-state index in [0.29, 0.717) is 22.4 Å². The van der Waals surface area contributed by atoms with Crippen LogP contribution in [0.4, 0.5) is 4.39 Å². The third-order valence-electron chi connectivity index (χ3n) is 6.22. The van der Waals surface area contributed by atoms with E-state index in [1.54, 1.807) is 30.5 Å². The van der Waals surface area contributed by atoms with Gasteiger partial charge < -0.3 is 14.0 Å². The van der Waals surface area contributed by atoms with E-state index in [9.17, 15) is 9.18 Å². The van der Waals surface area contributed by atoms with E-state index in [-0.39, 0.29) is 12.4 Å². The lowest BCUT2D eigenvalue weighted by Gasteiger charge is -2.31. The number of rotatable bonds is 8. The van der Waals surface area contributed by atoms with Gasteiger partial charge in [-0.3, -0.25) is 4.90 Å². The SMILES string of the molecule is COC(=O)/C=C\c1cnc(CN2CCC(c3cccc(OCc4ccc(Cl)cc4F)n3)CC2)n1C. The zero-order chi connectivity index (χ0) is 24.8. The molecule has 0 radical (unpaired) electrons. The van der Waals surface area contributed by atoms with Gasteiger partial charge in [0.05, 0.1) is 25.5 Å². The summed E-state index contributed by atoms with van der Waals surface area (Å²) in [5.74, 6) is 0.980. The third-order valence-corrected chi connectivity index (χ3v) is 6.45. The van der Waals surface area contributed by atoms with E-state index < -0.39 is 5.97 Å². The van der Waals surface area contributed by atoms with Gasteiger partial charge in [-0.05, 0) is 50.2 Å². The third kappa shape index (κ3) is 6.46. The molecule has 7 nitrogen and oxygen atoms in total. The molecule has 1 aliphatic rings. The number of piperidine rings is 1. The topological polar surface area (TPSA) is 69.5 Å². The molecule has 2 aromatic heterocycles. The minimum absolute atomic E-state index is 0.0956. The highest BCUT2D eigenvalue weighted by Gasteiger charge is 2.23. The smallest absolute Gasteiger partial charge is 0.330 e. The van der Waals surface area contributed by atoms with Crippen molar-refractivity contribution in [1.29, 1.82) is 0 Å². The number of carbonyl (C=O) groups excluding carboxylic acids is 1. The zero-order valence-corrected chi connectivity index (χ0v) is 20.5. The number of likely N-dealkylation sites (tertiary alicyclic amines) is 1. The van der Waals surface area contributed by atoms with Crippen molar-refractivity contribution in [2.45, 2.75) is 31.9 Å². The molecular weight excluding hydrogens is 471 g/mol. The number of imidazole rings is 1. The monoisotopic (exact) mass is 498 g/mol. The van der Waals surface area contributed by atoms with Gasteiger partial charge in [0.15, 0.2) is 0 Å². The molecule has 184 valence electrons. The summed E-state index contributed by atoms with van der Waals surface area (Å²) in [6.07, 6.45) is 6.80. The van der Waals surface area contributed by atoms with Crippen LogP contribution in [0.2, 0.25) is 5.02 Å². The Bertz CT molecular complexity index is 1210. The molecule has 4 rings (SSSR count). The number of carbonyl (C=O) groups is 1. The second kappa shape index (κ2) is 11.5. The van der Waals surface area contributed by atoms with Crippen LogP contribution in [-0.2, 0) is 29.7 Å². The van der Waals surface area contributed by atoms with Crippen LogP contribution in [0.1, 0.15) is 41.5 Å². The number of nitrogens with zero attached hydrogens (tertiary/aromatic N) is 4. The fraction of sp³-hybridized carbons (Fsp3) is 0.346. The molecule has 9 heteroatoms. The summed E-state index contributed by atoms with van der Waals surface area (Å²) in [5.41, 5.74) is 2.28. The minimum atomic E-state index is -0.393. The molecule has 0 amide bonds. The fourth-order valence-electron chi connectivity index (χ4n) is 4.10. The highest BCUT2D eigenvalue weighted by molar-refractivity contribution is 6.30. The van der Waals surface area contributed by atoms with E-state index >= 15 is 0 Å². The summed E-state index contributed by atoms with van der Waals surface area (Å²) < 4.78 is 26.4. The highest BCUT2D eigenvalue weighted by atomic mass is 35.5. The molecule has 1 aromatic carbocycles. The molecule has 1 saturated heterocycles. The molecular formula is C26H28ClFN4O3. The number of esters is 1. The number of hydrogen-bond acceptors (Lipinski definition) is 6. The van der Waals surface area contributed by atoms with Crippen LogP contribution < -0.4 is 4.74 Å². The van der Waals surface area contributed by atoms with Crippen molar-refractivity contribution in [3.8, 4) is 5.88 Å².